The zero-order valence-corrected chi connectivity index (χ0v) is 13.0. The summed E-state index contributed by atoms with van der Waals surface area (Å²) in [6.07, 6.45) is 1.48. The Morgan fingerprint density at radius 1 is 1.35 bits per heavy atom. The van der Waals surface area contributed by atoms with Gasteiger partial charge in [-0.15, -0.1) is 17.0 Å². The van der Waals surface area contributed by atoms with Crippen LogP contribution in [-0.2, 0) is 0 Å². The molecule has 7 heteroatoms. The zero-order chi connectivity index (χ0) is 11.7. The summed E-state index contributed by atoms with van der Waals surface area (Å²) in [5.74, 6) is -0.342. The van der Waals surface area contributed by atoms with Crippen molar-refractivity contribution in [1.29, 1.82) is 0 Å². The van der Waals surface area contributed by atoms with E-state index in [1.165, 1.54) is 6.20 Å². The summed E-state index contributed by atoms with van der Waals surface area (Å²) < 4.78 is 2.34. The Hall–Kier alpha value is -0.360. The van der Waals surface area contributed by atoms with Crippen LogP contribution in [0.15, 0.2) is 24.4 Å². The first-order valence-electron chi connectivity index (χ1n) is 4.28. The predicted molar refractivity (Wildman–Crippen MR) is 78.5 cm³/mol. The number of amides is 1. The van der Waals surface area contributed by atoms with E-state index in [9.17, 15) is 4.79 Å². The van der Waals surface area contributed by atoms with Gasteiger partial charge in [0.05, 0.1) is 21.1 Å². The molecule has 0 spiro atoms. The molecule has 0 radical (unpaired) electrons. The van der Waals surface area contributed by atoms with Crippen molar-refractivity contribution in [2.75, 3.05) is 0 Å². The van der Waals surface area contributed by atoms with Crippen molar-refractivity contribution in [2.45, 2.75) is 0 Å². The van der Waals surface area contributed by atoms with Gasteiger partial charge < -0.3 is 0 Å². The molecule has 17 heavy (non-hydrogen) atoms. The molecular weight excluding hydrogens is 395 g/mol. The summed E-state index contributed by atoms with van der Waals surface area (Å²) >= 11 is 14.7. The molecule has 1 heterocycles. The highest BCUT2D eigenvalue weighted by Gasteiger charge is 2.14. The number of aromatic nitrogens is 1. The fraction of sp³-hybridized carbons (Fsp3) is 0. The second-order valence-electron chi connectivity index (χ2n) is 3.07. The molecule has 0 atom stereocenters. The summed E-state index contributed by atoms with van der Waals surface area (Å²) in [4.78, 5) is 15.7. The number of hydrogen-bond donors (Lipinski definition) is 1. The Morgan fingerprint density at radius 2 is 2.06 bits per heavy atom. The summed E-state index contributed by atoms with van der Waals surface area (Å²) in [5, 5.41) is 1.63. The van der Waals surface area contributed by atoms with Crippen molar-refractivity contribution in [3.63, 3.8) is 0 Å². The van der Waals surface area contributed by atoms with Crippen LogP contribution >= 0.6 is 56.3 Å². The van der Waals surface area contributed by atoms with Crippen LogP contribution in [0.3, 0.4) is 0 Å². The molecule has 2 rings (SSSR count). The molecule has 0 unspecified atom stereocenters. The molecule has 0 aliphatic rings. The molecule has 90 valence electrons. The third kappa shape index (κ3) is 2.91. The number of pyridine rings is 1. The molecule has 0 saturated heterocycles. The summed E-state index contributed by atoms with van der Waals surface area (Å²) in [6, 6.07) is 5.13. The number of nitrogens with zero attached hydrogens (tertiary/aromatic N) is 1. The molecule has 0 saturated carbocycles. The van der Waals surface area contributed by atoms with E-state index in [1.807, 2.05) is 0 Å². The second kappa shape index (κ2) is 6.00. The van der Waals surface area contributed by atoms with Gasteiger partial charge in [0.25, 0.3) is 5.91 Å². The van der Waals surface area contributed by atoms with Crippen LogP contribution in [0.5, 0.6) is 0 Å². The third-order valence-electron chi connectivity index (χ3n) is 2.08. The Balaban J connectivity index is 0.00000144. The fourth-order valence-electron chi connectivity index (χ4n) is 1.41. The number of fused-ring (bicyclic) bond motifs is 1. The van der Waals surface area contributed by atoms with Gasteiger partial charge in [-0.05, 0) is 12.1 Å². The van der Waals surface area contributed by atoms with Crippen molar-refractivity contribution in [2.24, 2.45) is 0 Å². The molecule has 1 amide bonds. The minimum absolute atomic E-state index is 0. The maximum atomic E-state index is 11.6. The van der Waals surface area contributed by atoms with E-state index in [2.05, 4.69) is 25.5 Å². The first-order valence-corrected chi connectivity index (χ1v) is 5.83. The SMILES string of the molecule is Br.O=C(NBr)c1c(Cl)ccc2cc(Cl)cnc12. The van der Waals surface area contributed by atoms with Gasteiger partial charge in [0.1, 0.15) is 0 Å². The zero-order valence-electron chi connectivity index (χ0n) is 8.21. The van der Waals surface area contributed by atoms with E-state index in [0.29, 0.717) is 21.1 Å². The predicted octanol–water partition coefficient (Wildman–Crippen LogP) is 4.16. The summed E-state index contributed by atoms with van der Waals surface area (Å²) in [6.45, 7) is 0. The molecule has 0 aliphatic heterocycles. The largest absolute Gasteiger partial charge is 0.288 e. The highest BCUT2D eigenvalue weighted by atomic mass is 79.9. The molecule has 2 aromatic rings. The second-order valence-corrected chi connectivity index (χ2v) is 4.31. The van der Waals surface area contributed by atoms with Gasteiger partial charge in [0, 0.05) is 27.7 Å². The maximum Gasteiger partial charge on any atom is 0.264 e. The van der Waals surface area contributed by atoms with E-state index in [4.69, 9.17) is 23.2 Å². The monoisotopic (exact) mass is 398 g/mol. The van der Waals surface area contributed by atoms with Crippen LogP contribution in [0.4, 0.5) is 0 Å². The third-order valence-corrected chi connectivity index (χ3v) is 2.96. The number of nitrogens with one attached hydrogen (secondary N) is 1. The number of carbonyl (C=O) groups is 1. The average molecular weight is 401 g/mol. The Morgan fingerprint density at radius 3 is 2.71 bits per heavy atom. The minimum atomic E-state index is -0.342. The lowest BCUT2D eigenvalue weighted by atomic mass is 10.1. The molecule has 3 nitrogen and oxygen atoms in total. The number of hydrogen-bond acceptors (Lipinski definition) is 2. The van der Waals surface area contributed by atoms with Crippen molar-refractivity contribution in [3.8, 4) is 0 Å². The maximum absolute atomic E-state index is 11.6. The van der Waals surface area contributed by atoms with Crippen LogP contribution in [-0.4, -0.2) is 10.9 Å². The lowest BCUT2D eigenvalue weighted by molar-refractivity contribution is 0.0988. The highest BCUT2D eigenvalue weighted by molar-refractivity contribution is 9.08. The minimum Gasteiger partial charge on any atom is -0.288 e. The Bertz CT molecular complexity index is 577. The quantitative estimate of drug-likeness (QED) is 0.730. The van der Waals surface area contributed by atoms with E-state index in [-0.39, 0.29) is 22.9 Å². The number of halogens is 4. The van der Waals surface area contributed by atoms with Crippen LogP contribution < -0.4 is 4.34 Å². The highest BCUT2D eigenvalue weighted by Crippen LogP contribution is 2.26. The molecule has 1 aromatic heterocycles. The van der Waals surface area contributed by atoms with Crippen LogP contribution in [0, 0.1) is 0 Å². The lowest BCUT2D eigenvalue weighted by Gasteiger charge is -2.06. The molecule has 0 bridgehead atoms. The molecule has 1 aromatic carbocycles. The number of benzene rings is 1. The molecule has 1 N–H and O–H groups in total. The topological polar surface area (TPSA) is 42.0 Å². The first kappa shape index (κ1) is 14.7. The van der Waals surface area contributed by atoms with Gasteiger partial charge >= 0.3 is 0 Å². The van der Waals surface area contributed by atoms with Gasteiger partial charge in [-0.25, -0.2) is 0 Å². The number of rotatable bonds is 1. The van der Waals surface area contributed by atoms with E-state index >= 15 is 0 Å². The Kier molecular flexibility index (Phi) is 5.19. The van der Waals surface area contributed by atoms with Gasteiger partial charge in [0.2, 0.25) is 0 Å². The molecular formula is C10H6Br2Cl2N2O. The standard InChI is InChI=1S/C10H5BrCl2N2O.BrH/c11-15-10(16)8-7(13)2-1-5-3-6(12)4-14-9(5)8;/h1-4H,(H,15,16);1H. The van der Waals surface area contributed by atoms with Gasteiger partial charge in [-0.3, -0.25) is 14.1 Å². The van der Waals surface area contributed by atoms with Crippen molar-refractivity contribution < 1.29 is 4.79 Å². The fourth-order valence-corrected chi connectivity index (χ4v) is 2.02. The van der Waals surface area contributed by atoms with Crippen LogP contribution in [0.1, 0.15) is 10.4 Å². The first-order chi connectivity index (χ1) is 7.63. The van der Waals surface area contributed by atoms with Crippen molar-refractivity contribution in [1.82, 2.24) is 9.33 Å². The lowest BCUT2D eigenvalue weighted by Crippen LogP contribution is -2.13. The normalized spacial score (nSPS) is 9.82. The summed E-state index contributed by atoms with van der Waals surface area (Å²) in [5.41, 5.74) is 0.849. The van der Waals surface area contributed by atoms with E-state index < -0.39 is 0 Å². The van der Waals surface area contributed by atoms with Gasteiger partial charge in [-0.1, -0.05) is 29.3 Å². The van der Waals surface area contributed by atoms with Crippen LogP contribution in [0.25, 0.3) is 10.9 Å². The van der Waals surface area contributed by atoms with Gasteiger partial charge in [0.15, 0.2) is 0 Å². The van der Waals surface area contributed by atoms with E-state index in [0.717, 1.165) is 5.39 Å². The average Bonchev–Trinajstić information content (AvgIpc) is 2.28. The Labute approximate surface area is 127 Å². The van der Waals surface area contributed by atoms with Crippen molar-refractivity contribution >= 4 is 73.1 Å². The molecule has 0 aliphatic carbocycles. The molecule has 0 fully saturated rings. The summed E-state index contributed by atoms with van der Waals surface area (Å²) in [7, 11) is 0. The van der Waals surface area contributed by atoms with Crippen LogP contribution in [0.2, 0.25) is 10.0 Å². The number of carbonyl (C=O) groups excluding carboxylic acids is 1. The van der Waals surface area contributed by atoms with Gasteiger partial charge in [-0.2, -0.15) is 0 Å². The smallest absolute Gasteiger partial charge is 0.264 e. The van der Waals surface area contributed by atoms with E-state index in [1.54, 1.807) is 18.2 Å². The van der Waals surface area contributed by atoms with Crippen molar-refractivity contribution in [3.05, 3.63) is 40.0 Å².